The maximum absolute atomic E-state index is 12.9. The zero-order valence-electron chi connectivity index (χ0n) is 18.7. The van der Waals surface area contributed by atoms with Crippen LogP contribution >= 0.6 is 11.6 Å². The lowest BCUT2D eigenvalue weighted by Gasteiger charge is -2.19. The van der Waals surface area contributed by atoms with Crippen molar-refractivity contribution in [2.45, 2.75) is 51.8 Å². The molecular weight excluding hydrogens is 446 g/mol. The van der Waals surface area contributed by atoms with E-state index in [1.807, 2.05) is 26.0 Å². The highest BCUT2D eigenvalue weighted by atomic mass is 35.5. The number of carbonyl (C=O) groups excluding carboxylic acids is 3. The van der Waals surface area contributed by atoms with Crippen LogP contribution in [0.4, 0.5) is 0 Å². The van der Waals surface area contributed by atoms with Crippen molar-refractivity contribution in [3.8, 4) is 11.5 Å². The number of nitrogens with one attached hydrogen (secondary N) is 2. The van der Waals surface area contributed by atoms with Crippen LogP contribution in [0, 0.1) is 0 Å². The third kappa shape index (κ3) is 6.61. The minimum atomic E-state index is -0.943. The first-order valence-electron chi connectivity index (χ1n) is 10.8. The van der Waals surface area contributed by atoms with Gasteiger partial charge in [0.25, 0.3) is 5.91 Å². The second-order valence-corrected chi connectivity index (χ2v) is 8.33. The van der Waals surface area contributed by atoms with Crippen molar-refractivity contribution in [2.75, 3.05) is 6.61 Å². The lowest BCUT2D eigenvalue weighted by atomic mass is 10.1. The number of primary amides is 1. The highest BCUT2D eigenvalue weighted by molar-refractivity contribution is 6.30. The molecule has 2 aromatic rings. The Balaban J connectivity index is 1.71. The molecule has 0 saturated heterocycles. The highest BCUT2D eigenvalue weighted by Crippen LogP contribution is 2.35. The Hall–Kier alpha value is -3.26. The van der Waals surface area contributed by atoms with Crippen LogP contribution in [0.2, 0.25) is 5.02 Å². The fraction of sp³-hybridized carbons (Fsp3) is 0.375. The van der Waals surface area contributed by atoms with Gasteiger partial charge in [-0.25, -0.2) is 0 Å². The van der Waals surface area contributed by atoms with Gasteiger partial charge in [0.15, 0.2) is 0 Å². The molecule has 0 spiro atoms. The molecule has 9 heteroatoms. The molecule has 0 fully saturated rings. The monoisotopic (exact) mass is 473 g/mol. The number of halogens is 1. The Morgan fingerprint density at radius 3 is 2.64 bits per heavy atom. The average Bonchev–Trinajstić information content (AvgIpc) is 3.13. The van der Waals surface area contributed by atoms with Crippen molar-refractivity contribution in [1.29, 1.82) is 0 Å². The number of nitrogens with two attached hydrogens (primary N) is 1. The summed E-state index contributed by atoms with van der Waals surface area (Å²) in [6.45, 7) is 4.53. The van der Waals surface area contributed by atoms with Gasteiger partial charge < -0.3 is 25.8 Å². The van der Waals surface area contributed by atoms with Crippen LogP contribution in [0.15, 0.2) is 36.4 Å². The van der Waals surface area contributed by atoms with Crippen molar-refractivity contribution >= 4 is 29.3 Å². The Bertz CT molecular complexity index is 1030. The Kier molecular flexibility index (Phi) is 8.16. The molecule has 33 heavy (non-hydrogen) atoms. The molecule has 0 bridgehead atoms. The predicted octanol–water partition coefficient (Wildman–Crippen LogP) is 2.74. The number of fused-ring (bicyclic) bond motifs is 1. The predicted molar refractivity (Wildman–Crippen MR) is 124 cm³/mol. The van der Waals surface area contributed by atoms with Crippen molar-refractivity contribution in [3.05, 3.63) is 58.1 Å². The van der Waals surface area contributed by atoms with Gasteiger partial charge in [-0.2, -0.15) is 0 Å². The van der Waals surface area contributed by atoms with Gasteiger partial charge in [0.2, 0.25) is 11.8 Å². The summed E-state index contributed by atoms with van der Waals surface area (Å²) in [7, 11) is 0. The molecule has 0 radical (unpaired) electrons. The van der Waals surface area contributed by atoms with E-state index in [-0.39, 0.29) is 25.5 Å². The molecule has 0 unspecified atom stereocenters. The van der Waals surface area contributed by atoms with E-state index in [2.05, 4.69) is 10.6 Å². The van der Waals surface area contributed by atoms with Gasteiger partial charge in [-0.15, -0.1) is 0 Å². The normalized spacial score (nSPS) is 15.2. The first kappa shape index (κ1) is 24.4. The maximum atomic E-state index is 12.9. The van der Waals surface area contributed by atoms with Crippen molar-refractivity contribution in [2.24, 2.45) is 5.73 Å². The summed E-state index contributed by atoms with van der Waals surface area (Å²) < 4.78 is 11.6. The summed E-state index contributed by atoms with van der Waals surface area (Å²) >= 11 is 5.87. The number of hydrogen-bond acceptors (Lipinski definition) is 5. The molecule has 1 aliphatic heterocycles. The zero-order valence-corrected chi connectivity index (χ0v) is 19.4. The number of amides is 3. The second-order valence-electron chi connectivity index (χ2n) is 7.89. The van der Waals surface area contributed by atoms with Crippen LogP contribution < -0.4 is 25.8 Å². The van der Waals surface area contributed by atoms with Crippen LogP contribution in [0.3, 0.4) is 0 Å². The number of hydrogen-bond donors (Lipinski definition) is 3. The van der Waals surface area contributed by atoms with Gasteiger partial charge in [0.05, 0.1) is 6.61 Å². The minimum absolute atomic E-state index is 0.0479. The standard InChI is InChI=1S/C24H28ClN3O5/c1-3-32-20-11-16-10-14(2)33-21(16)12-17(20)13-27-24(31)19(8-9-22(26)29)28-23(30)15-4-6-18(25)7-5-15/h4-7,11-12,14,19H,3,8-10,13H2,1-2H3,(H2,26,29)(H,27,31)(H,28,30)/t14-,19+/m1/s1. The van der Waals surface area contributed by atoms with E-state index in [1.54, 1.807) is 24.3 Å². The summed E-state index contributed by atoms with van der Waals surface area (Å²) in [6, 6.07) is 9.15. The van der Waals surface area contributed by atoms with Gasteiger partial charge in [-0.05, 0) is 56.7 Å². The van der Waals surface area contributed by atoms with Gasteiger partial charge in [0.1, 0.15) is 23.6 Å². The quantitative estimate of drug-likeness (QED) is 0.490. The molecule has 3 amide bonds. The van der Waals surface area contributed by atoms with E-state index in [0.717, 1.165) is 23.3 Å². The topological polar surface area (TPSA) is 120 Å². The molecule has 2 atom stereocenters. The molecule has 0 aromatic heterocycles. The number of benzene rings is 2. The molecule has 8 nitrogen and oxygen atoms in total. The number of rotatable bonds is 10. The SMILES string of the molecule is CCOc1cc2c(cc1CNC(=O)[C@H](CCC(N)=O)NC(=O)c1ccc(Cl)cc1)O[C@H](C)C2. The summed E-state index contributed by atoms with van der Waals surface area (Å²) in [5.74, 6) is 0.00345. The Morgan fingerprint density at radius 2 is 1.97 bits per heavy atom. The number of carbonyl (C=O) groups is 3. The molecule has 1 aliphatic rings. The third-order valence-corrected chi connectivity index (χ3v) is 5.49. The second kappa shape index (κ2) is 11.0. The summed E-state index contributed by atoms with van der Waals surface area (Å²) in [5, 5.41) is 5.99. The van der Waals surface area contributed by atoms with Crippen LogP contribution in [0.25, 0.3) is 0 Å². The molecule has 1 heterocycles. The van der Waals surface area contributed by atoms with Gasteiger partial charge in [-0.1, -0.05) is 11.6 Å². The lowest BCUT2D eigenvalue weighted by Crippen LogP contribution is -2.47. The van der Waals surface area contributed by atoms with Crippen molar-refractivity contribution in [3.63, 3.8) is 0 Å². The molecule has 2 aromatic carbocycles. The fourth-order valence-electron chi connectivity index (χ4n) is 3.61. The molecule has 4 N–H and O–H groups in total. The van der Waals surface area contributed by atoms with E-state index in [9.17, 15) is 14.4 Å². The zero-order chi connectivity index (χ0) is 24.0. The first-order chi connectivity index (χ1) is 15.8. The number of ether oxygens (including phenoxy) is 2. The summed E-state index contributed by atoms with van der Waals surface area (Å²) in [4.78, 5) is 36.8. The average molecular weight is 474 g/mol. The van der Waals surface area contributed by atoms with E-state index in [1.165, 1.54) is 0 Å². The van der Waals surface area contributed by atoms with Gasteiger partial charge >= 0.3 is 0 Å². The smallest absolute Gasteiger partial charge is 0.251 e. The van der Waals surface area contributed by atoms with Gasteiger partial charge in [-0.3, -0.25) is 14.4 Å². The van der Waals surface area contributed by atoms with Gasteiger partial charge in [0, 0.05) is 41.1 Å². The Morgan fingerprint density at radius 1 is 1.24 bits per heavy atom. The minimum Gasteiger partial charge on any atom is -0.494 e. The van der Waals surface area contributed by atoms with Crippen LogP contribution in [0.5, 0.6) is 11.5 Å². The fourth-order valence-corrected chi connectivity index (χ4v) is 3.74. The van der Waals surface area contributed by atoms with E-state index in [0.29, 0.717) is 22.9 Å². The van der Waals surface area contributed by atoms with Crippen molar-refractivity contribution < 1.29 is 23.9 Å². The first-order valence-corrected chi connectivity index (χ1v) is 11.2. The summed E-state index contributed by atoms with van der Waals surface area (Å²) in [5.41, 5.74) is 7.42. The maximum Gasteiger partial charge on any atom is 0.251 e. The molecule has 3 rings (SSSR count). The van der Waals surface area contributed by atoms with Crippen LogP contribution in [-0.4, -0.2) is 36.5 Å². The largest absolute Gasteiger partial charge is 0.494 e. The molecule has 0 saturated carbocycles. The molecule has 0 aliphatic carbocycles. The van der Waals surface area contributed by atoms with Crippen molar-refractivity contribution in [1.82, 2.24) is 10.6 Å². The Labute approximate surface area is 197 Å². The molecular formula is C24H28ClN3O5. The van der Waals surface area contributed by atoms with Crippen LogP contribution in [0.1, 0.15) is 48.2 Å². The van der Waals surface area contributed by atoms with E-state index in [4.69, 9.17) is 26.8 Å². The lowest BCUT2D eigenvalue weighted by molar-refractivity contribution is -0.123. The van der Waals surface area contributed by atoms with E-state index < -0.39 is 23.8 Å². The molecule has 176 valence electrons. The highest BCUT2D eigenvalue weighted by Gasteiger charge is 2.24. The van der Waals surface area contributed by atoms with Crippen LogP contribution in [-0.2, 0) is 22.6 Å². The summed E-state index contributed by atoms with van der Waals surface area (Å²) in [6.07, 6.45) is 0.909. The third-order valence-electron chi connectivity index (χ3n) is 5.24. The van der Waals surface area contributed by atoms with E-state index >= 15 is 0 Å².